The highest BCUT2D eigenvalue weighted by molar-refractivity contribution is 5.93. The highest BCUT2D eigenvalue weighted by atomic mass is 16.4. The van der Waals surface area contributed by atoms with Crippen LogP contribution in [0.4, 0.5) is 5.69 Å². The summed E-state index contributed by atoms with van der Waals surface area (Å²) in [4.78, 5) is 26.3. The SMILES string of the molecule is Cc1oc(-c2ccccc2)nc1CCN1CN(c2ccccc2)C2(CCN(C3CCCCCCCCC3)CC2)C1=O. The van der Waals surface area contributed by atoms with Crippen molar-refractivity contribution in [1.29, 1.82) is 0 Å². The van der Waals surface area contributed by atoms with Crippen LogP contribution in [-0.2, 0) is 11.2 Å². The largest absolute Gasteiger partial charge is 0.441 e. The Balaban J connectivity index is 1.16. The van der Waals surface area contributed by atoms with Gasteiger partial charge in [-0.25, -0.2) is 4.98 Å². The number of aromatic nitrogens is 1. The Morgan fingerprint density at radius 3 is 2.12 bits per heavy atom. The van der Waals surface area contributed by atoms with Crippen molar-refractivity contribution in [1.82, 2.24) is 14.8 Å². The molecule has 6 nitrogen and oxygen atoms in total. The maximum Gasteiger partial charge on any atom is 0.250 e. The fraction of sp³-hybridized carbons (Fsp3) is 0.543. The fourth-order valence-electron chi connectivity index (χ4n) is 7.39. The lowest BCUT2D eigenvalue weighted by Gasteiger charge is -2.45. The number of piperidine rings is 1. The number of para-hydroxylation sites is 1. The number of aryl methyl sites for hydroxylation is 1. The van der Waals surface area contributed by atoms with Crippen LogP contribution in [0.3, 0.4) is 0 Å². The standard InChI is InChI=1S/C35H46N4O2/c1-28-32(36-33(41-28)29-15-9-7-10-16-29)21-24-38-27-39(31-19-13-8-14-20-31)35(34(38)40)22-25-37(26-23-35)30-17-11-5-3-2-4-6-12-18-30/h7-10,13-16,19-20,30H,2-6,11-12,17-18,21-27H2,1H3. The number of nitrogens with zero attached hydrogens (tertiary/aromatic N) is 4. The lowest BCUT2D eigenvalue weighted by molar-refractivity contribution is -0.133. The summed E-state index contributed by atoms with van der Waals surface area (Å²) >= 11 is 0. The average Bonchev–Trinajstić information content (AvgIpc) is 3.52. The van der Waals surface area contributed by atoms with E-state index >= 15 is 0 Å². The second-order valence-corrected chi connectivity index (χ2v) is 12.4. The number of hydrogen-bond acceptors (Lipinski definition) is 5. The molecule has 6 heteroatoms. The Morgan fingerprint density at radius 2 is 1.46 bits per heavy atom. The fourth-order valence-corrected chi connectivity index (χ4v) is 7.39. The average molecular weight is 555 g/mol. The molecule has 0 atom stereocenters. The molecule has 6 rings (SSSR count). The maximum atomic E-state index is 14.3. The Kier molecular flexibility index (Phi) is 8.75. The van der Waals surface area contributed by atoms with Crippen molar-refractivity contribution in [2.45, 2.75) is 95.6 Å². The highest BCUT2D eigenvalue weighted by Crippen LogP contribution is 2.40. The number of carbonyl (C=O) groups excluding carboxylic acids is 1. The van der Waals surface area contributed by atoms with E-state index in [1.165, 1.54) is 57.8 Å². The van der Waals surface area contributed by atoms with Gasteiger partial charge < -0.3 is 19.1 Å². The van der Waals surface area contributed by atoms with Crippen LogP contribution in [0.1, 0.15) is 82.1 Å². The third-order valence-electron chi connectivity index (χ3n) is 9.83. The van der Waals surface area contributed by atoms with E-state index < -0.39 is 5.54 Å². The molecule has 3 aliphatic rings. The molecule has 2 saturated heterocycles. The molecule has 0 N–H and O–H groups in total. The van der Waals surface area contributed by atoms with Crippen LogP contribution in [0.15, 0.2) is 65.1 Å². The second-order valence-electron chi connectivity index (χ2n) is 12.4. The first kappa shape index (κ1) is 28.0. The molecule has 0 bridgehead atoms. The molecule has 1 aromatic heterocycles. The normalized spacial score (nSPS) is 21.0. The first-order valence-corrected chi connectivity index (χ1v) is 16.0. The predicted molar refractivity (Wildman–Crippen MR) is 165 cm³/mol. The zero-order valence-electron chi connectivity index (χ0n) is 24.8. The summed E-state index contributed by atoms with van der Waals surface area (Å²) in [7, 11) is 0. The summed E-state index contributed by atoms with van der Waals surface area (Å²) in [6, 6.07) is 21.3. The number of hydrogen-bond donors (Lipinski definition) is 0. The molecule has 0 radical (unpaired) electrons. The summed E-state index contributed by atoms with van der Waals surface area (Å²) in [6.45, 7) is 5.28. The summed E-state index contributed by atoms with van der Waals surface area (Å²) in [5.41, 5.74) is 2.62. The van der Waals surface area contributed by atoms with Crippen LogP contribution in [0.25, 0.3) is 11.5 Å². The molecular formula is C35H46N4O2. The molecule has 3 heterocycles. The molecule has 1 aliphatic carbocycles. The molecule has 1 spiro atoms. The van der Waals surface area contributed by atoms with E-state index in [4.69, 9.17) is 9.40 Å². The molecule has 3 aromatic rings. The van der Waals surface area contributed by atoms with E-state index in [2.05, 4.69) is 45.0 Å². The van der Waals surface area contributed by atoms with Crippen LogP contribution in [0.2, 0.25) is 0 Å². The summed E-state index contributed by atoms with van der Waals surface area (Å²) < 4.78 is 6.01. The third kappa shape index (κ3) is 6.08. The minimum atomic E-state index is -0.456. The minimum Gasteiger partial charge on any atom is -0.441 e. The van der Waals surface area contributed by atoms with Gasteiger partial charge in [0.2, 0.25) is 11.8 Å². The zero-order valence-corrected chi connectivity index (χ0v) is 24.8. The van der Waals surface area contributed by atoms with Gasteiger partial charge >= 0.3 is 0 Å². The van der Waals surface area contributed by atoms with Gasteiger partial charge in [0.05, 0.1) is 12.4 Å². The molecule has 1 amide bonds. The summed E-state index contributed by atoms with van der Waals surface area (Å²) in [6.07, 6.45) is 14.8. The number of benzene rings is 2. The van der Waals surface area contributed by atoms with E-state index in [1.54, 1.807) is 0 Å². The van der Waals surface area contributed by atoms with Crippen LogP contribution in [-0.4, -0.2) is 58.6 Å². The second kappa shape index (κ2) is 12.8. The molecular weight excluding hydrogens is 508 g/mol. The van der Waals surface area contributed by atoms with Crippen molar-refractivity contribution in [2.24, 2.45) is 0 Å². The molecule has 1 saturated carbocycles. The van der Waals surface area contributed by atoms with E-state index in [0.717, 1.165) is 48.6 Å². The van der Waals surface area contributed by atoms with Crippen molar-refractivity contribution in [2.75, 3.05) is 31.2 Å². The molecule has 41 heavy (non-hydrogen) atoms. The Morgan fingerprint density at radius 1 is 0.854 bits per heavy atom. The monoisotopic (exact) mass is 554 g/mol. The van der Waals surface area contributed by atoms with Gasteiger partial charge in [-0.3, -0.25) is 4.79 Å². The number of oxazole rings is 1. The molecule has 218 valence electrons. The molecule has 2 aliphatic heterocycles. The topological polar surface area (TPSA) is 52.8 Å². The van der Waals surface area contributed by atoms with Gasteiger partial charge in [0.25, 0.3) is 0 Å². The first-order chi connectivity index (χ1) is 20.1. The third-order valence-corrected chi connectivity index (χ3v) is 9.83. The van der Waals surface area contributed by atoms with E-state index in [-0.39, 0.29) is 5.91 Å². The smallest absolute Gasteiger partial charge is 0.250 e. The molecule has 3 fully saturated rings. The van der Waals surface area contributed by atoms with Gasteiger partial charge in [-0.2, -0.15) is 0 Å². The lowest BCUT2D eigenvalue weighted by atomic mass is 9.84. The van der Waals surface area contributed by atoms with Crippen molar-refractivity contribution in [3.63, 3.8) is 0 Å². The van der Waals surface area contributed by atoms with Crippen molar-refractivity contribution in [3.8, 4) is 11.5 Å². The predicted octanol–water partition coefficient (Wildman–Crippen LogP) is 7.23. The van der Waals surface area contributed by atoms with E-state index in [1.807, 2.05) is 37.3 Å². The van der Waals surface area contributed by atoms with Crippen LogP contribution >= 0.6 is 0 Å². The van der Waals surface area contributed by atoms with Gasteiger partial charge in [-0.1, -0.05) is 81.3 Å². The maximum absolute atomic E-state index is 14.3. The quantitative estimate of drug-likeness (QED) is 0.322. The Labute approximate surface area is 245 Å². The van der Waals surface area contributed by atoms with Gasteiger partial charge in [-0.15, -0.1) is 0 Å². The molecule has 0 unspecified atom stereocenters. The van der Waals surface area contributed by atoms with Crippen LogP contribution < -0.4 is 4.90 Å². The summed E-state index contributed by atoms with van der Waals surface area (Å²) in [5, 5.41) is 0. The van der Waals surface area contributed by atoms with Crippen LogP contribution in [0, 0.1) is 6.92 Å². The number of carbonyl (C=O) groups is 1. The van der Waals surface area contributed by atoms with Gasteiger partial charge in [0, 0.05) is 43.3 Å². The van der Waals surface area contributed by atoms with Crippen LogP contribution in [0.5, 0.6) is 0 Å². The number of amides is 1. The van der Waals surface area contributed by atoms with E-state index in [0.29, 0.717) is 31.6 Å². The zero-order chi connectivity index (χ0) is 28.1. The first-order valence-electron chi connectivity index (χ1n) is 16.0. The van der Waals surface area contributed by atoms with Crippen molar-refractivity contribution >= 4 is 11.6 Å². The Hall–Kier alpha value is -3.12. The number of likely N-dealkylation sites (tertiary alicyclic amines) is 1. The van der Waals surface area contributed by atoms with Gasteiger partial charge in [0.15, 0.2) is 0 Å². The number of anilines is 1. The highest BCUT2D eigenvalue weighted by Gasteiger charge is 2.53. The minimum absolute atomic E-state index is 0.288. The van der Waals surface area contributed by atoms with Crippen molar-refractivity contribution in [3.05, 3.63) is 72.1 Å². The summed E-state index contributed by atoms with van der Waals surface area (Å²) in [5.74, 6) is 1.78. The Bertz CT molecular complexity index is 1260. The lowest BCUT2D eigenvalue weighted by Crippen LogP contribution is -2.58. The number of rotatable bonds is 6. The van der Waals surface area contributed by atoms with Crippen molar-refractivity contribution < 1.29 is 9.21 Å². The van der Waals surface area contributed by atoms with Gasteiger partial charge in [-0.05, 0) is 56.9 Å². The van der Waals surface area contributed by atoms with E-state index in [9.17, 15) is 4.79 Å². The van der Waals surface area contributed by atoms with Gasteiger partial charge in [0.1, 0.15) is 11.3 Å². The molecule has 2 aromatic carbocycles.